The van der Waals surface area contributed by atoms with Crippen molar-refractivity contribution in [2.75, 3.05) is 14.2 Å². The first kappa shape index (κ1) is 17.3. The Morgan fingerprint density at radius 2 is 1.30 bits per heavy atom. The summed E-state index contributed by atoms with van der Waals surface area (Å²) in [5.74, 6) is 0.865. The monoisotopic (exact) mass is 316 g/mol. The van der Waals surface area contributed by atoms with Crippen LogP contribution in [0.1, 0.15) is 0 Å². The highest BCUT2D eigenvalue weighted by Gasteiger charge is 2.25. The zero-order valence-electron chi connectivity index (χ0n) is 12.7. The van der Waals surface area contributed by atoms with Gasteiger partial charge in [0.05, 0.1) is 14.2 Å². The first-order valence-electron chi connectivity index (χ1n) is 6.72. The Morgan fingerprint density at radius 3 is 1.70 bits per heavy atom. The first-order chi connectivity index (χ1) is 11.2. The minimum absolute atomic E-state index is 0.354. The molecule has 8 nitrogen and oxygen atoms in total. The second-order valence-electron chi connectivity index (χ2n) is 4.39. The molecule has 0 saturated heterocycles. The van der Waals surface area contributed by atoms with Crippen LogP contribution in [0.5, 0.6) is 11.5 Å². The molecule has 0 amide bonds. The molecule has 0 aliphatic rings. The second-order valence-corrected chi connectivity index (χ2v) is 4.39. The van der Waals surface area contributed by atoms with Gasteiger partial charge in [0.1, 0.15) is 11.5 Å². The lowest BCUT2D eigenvalue weighted by atomic mass is 9.77. The summed E-state index contributed by atoms with van der Waals surface area (Å²) in [4.78, 5) is 7.79. The summed E-state index contributed by atoms with van der Waals surface area (Å²) in [6.45, 7) is 0. The topological polar surface area (TPSA) is 103 Å². The molecule has 0 bridgehead atoms. The largest absolute Gasteiger partial charge is 0.497 e. The molecule has 23 heavy (non-hydrogen) atoms. The van der Waals surface area contributed by atoms with Gasteiger partial charge in [-0.3, -0.25) is 9.97 Å². The maximum absolute atomic E-state index is 9.98. The lowest BCUT2D eigenvalue weighted by Gasteiger charge is -2.13. The summed E-state index contributed by atoms with van der Waals surface area (Å²) in [5, 5.41) is 20.0. The number of hydrogen-bond acceptors (Lipinski definition) is 8. The van der Waals surface area contributed by atoms with Crippen LogP contribution in [0.2, 0.25) is 0 Å². The summed E-state index contributed by atoms with van der Waals surface area (Å²) in [5.41, 5.74) is 0.707. The molecule has 0 aromatic carbocycles. The van der Waals surface area contributed by atoms with Crippen LogP contribution in [0, 0.1) is 0 Å². The van der Waals surface area contributed by atoms with E-state index in [9.17, 15) is 10.0 Å². The van der Waals surface area contributed by atoms with Crippen molar-refractivity contribution in [2.45, 2.75) is 0 Å². The van der Waals surface area contributed by atoms with E-state index in [4.69, 9.17) is 18.6 Å². The molecule has 2 heterocycles. The lowest BCUT2D eigenvalue weighted by Crippen LogP contribution is -2.41. The third kappa shape index (κ3) is 4.46. The zero-order chi connectivity index (χ0) is 16.7. The smallest absolute Gasteiger partial charge is 0.482 e. The van der Waals surface area contributed by atoms with Gasteiger partial charge in [-0.1, -0.05) is 0 Å². The molecule has 0 unspecified atom stereocenters. The lowest BCUT2D eigenvalue weighted by molar-refractivity contribution is 0.364. The molecule has 118 valence electrons. The van der Waals surface area contributed by atoms with Gasteiger partial charge in [0.25, 0.3) is 0 Å². The van der Waals surface area contributed by atoms with Crippen molar-refractivity contribution in [3.05, 3.63) is 36.9 Å². The second kappa shape index (κ2) is 8.54. The number of pyridine rings is 2. The molecule has 0 fully saturated rings. The molecule has 2 N–H and O–H groups in total. The van der Waals surface area contributed by atoms with Crippen LogP contribution in [0.25, 0.3) is 0 Å². The Balaban J connectivity index is 1.91. The van der Waals surface area contributed by atoms with Crippen molar-refractivity contribution in [1.29, 1.82) is 0 Å². The van der Waals surface area contributed by atoms with Gasteiger partial charge in [-0.2, -0.15) is 0 Å². The number of aromatic nitrogens is 2. The normalized spacial score (nSPS) is 10.1. The third-order valence-corrected chi connectivity index (χ3v) is 3.04. The highest BCUT2D eigenvalue weighted by molar-refractivity contribution is 6.69. The van der Waals surface area contributed by atoms with Crippen molar-refractivity contribution in [3.8, 4) is 11.5 Å². The van der Waals surface area contributed by atoms with Crippen molar-refractivity contribution in [3.63, 3.8) is 0 Å². The minimum atomic E-state index is -1.30. The van der Waals surface area contributed by atoms with Crippen molar-refractivity contribution < 1.29 is 28.7 Å². The van der Waals surface area contributed by atoms with Gasteiger partial charge in [0.15, 0.2) is 0 Å². The van der Waals surface area contributed by atoms with Crippen LogP contribution in [0.4, 0.5) is 0 Å². The molecule has 0 saturated carbocycles. The number of ether oxygens (including phenoxy) is 2. The summed E-state index contributed by atoms with van der Waals surface area (Å²) in [6.07, 6.45) is 5.90. The van der Waals surface area contributed by atoms with Crippen LogP contribution >= 0.6 is 0 Å². The van der Waals surface area contributed by atoms with E-state index in [0.29, 0.717) is 22.4 Å². The quantitative estimate of drug-likeness (QED) is 0.533. The molecule has 0 radical (unpaired) electrons. The zero-order valence-corrected chi connectivity index (χ0v) is 12.7. The van der Waals surface area contributed by atoms with E-state index in [0.717, 1.165) is 0 Å². The number of rotatable bonds is 8. The minimum Gasteiger partial charge on any atom is -0.497 e. The fraction of sp³-hybridized carbons (Fsp3) is 0.167. The van der Waals surface area contributed by atoms with Crippen LogP contribution in [-0.4, -0.2) is 56.2 Å². The average Bonchev–Trinajstić information content (AvgIpc) is 2.61. The molecular weight excluding hydrogens is 301 g/mol. The summed E-state index contributed by atoms with van der Waals surface area (Å²) >= 11 is 0. The van der Waals surface area contributed by atoms with E-state index in [2.05, 4.69) is 9.97 Å². The van der Waals surface area contributed by atoms with Crippen LogP contribution in [-0.2, 0) is 9.14 Å². The van der Waals surface area contributed by atoms with Crippen molar-refractivity contribution in [2.24, 2.45) is 0 Å². The van der Waals surface area contributed by atoms with Crippen LogP contribution < -0.4 is 20.4 Å². The van der Waals surface area contributed by atoms with Gasteiger partial charge in [0.2, 0.25) is 0 Å². The van der Waals surface area contributed by atoms with Gasteiger partial charge in [-0.15, -0.1) is 0 Å². The SMILES string of the molecule is COc1ccncc1B(O)OBOB(O)c1cnccc1OC. The predicted octanol–water partition coefficient (Wildman–Crippen LogP) is -2.13. The maximum Gasteiger partial charge on any atom is 0.482 e. The fourth-order valence-electron chi connectivity index (χ4n) is 1.88. The average molecular weight is 316 g/mol. The molecule has 0 spiro atoms. The van der Waals surface area contributed by atoms with Gasteiger partial charge >= 0.3 is 21.9 Å². The Kier molecular flexibility index (Phi) is 6.42. The van der Waals surface area contributed by atoms with E-state index in [1.807, 2.05) is 0 Å². The van der Waals surface area contributed by atoms with E-state index in [-0.39, 0.29) is 7.69 Å². The predicted molar refractivity (Wildman–Crippen MR) is 86.1 cm³/mol. The molecule has 0 aliphatic heterocycles. The van der Waals surface area contributed by atoms with E-state index in [1.54, 1.807) is 12.1 Å². The maximum atomic E-state index is 9.98. The van der Waals surface area contributed by atoms with Crippen LogP contribution in [0.15, 0.2) is 36.9 Å². The Labute approximate surface area is 135 Å². The van der Waals surface area contributed by atoms with Gasteiger partial charge < -0.3 is 28.7 Å². The highest BCUT2D eigenvalue weighted by Crippen LogP contribution is 2.06. The molecule has 0 atom stereocenters. The molecule has 2 rings (SSSR count). The van der Waals surface area contributed by atoms with Crippen LogP contribution in [0.3, 0.4) is 0 Å². The molecular formula is C12H15B3N2O6. The standard InChI is InChI=1S/C12H15B3N2O6/c1-20-11-3-5-16-7-9(11)14(18)22-13-23-15(19)10-8-17-6-4-12(10)21-2/h3-8,13,18-19H,1-2H3. The van der Waals surface area contributed by atoms with E-state index in [1.165, 1.54) is 39.0 Å². The van der Waals surface area contributed by atoms with Gasteiger partial charge in [-0.25, -0.2) is 0 Å². The molecule has 11 heteroatoms. The molecule has 2 aromatic heterocycles. The van der Waals surface area contributed by atoms with Gasteiger partial charge in [-0.05, 0) is 12.1 Å². The van der Waals surface area contributed by atoms with Crippen molar-refractivity contribution >= 4 is 32.8 Å². The van der Waals surface area contributed by atoms with Crippen molar-refractivity contribution in [1.82, 2.24) is 9.97 Å². The number of hydrogen-bond donors (Lipinski definition) is 2. The Bertz CT molecular complexity index is 582. The number of methoxy groups -OCH3 is 2. The van der Waals surface area contributed by atoms with Gasteiger partial charge in [0, 0.05) is 35.7 Å². The number of nitrogens with zero attached hydrogens (tertiary/aromatic N) is 2. The summed E-state index contributed by atoms with van der Waals surface area (Å²) in [6, 6.07) is 3.19. The highest BCUT2D eigenvalue weighted by atomic mass is 16.6. The molecule has 2 aromatic rings. The van der Waals surface area contributed by atoms with E-state index >= 15 is 0 Å². The Hall–Kier alpha value is -2.07. The fourth-order valence-corrected chi connectivity index (χ4v) is 1.88. The Morgan fingerprint density at radius 1 is 0.870 bits per heavy atom. The first-order valence-corrected chi connectivity index (χ1v) is 6.72. The van der Waals surface area contributed by atoms with E-state index < -0.39 is 14.2 Å². The summed E-state index contributed by atoms with van der Waals surface area (Å²) in [7, 11) is -0.0253. The third-order valence-electron chi connectivity index (χ3n) is 3.04. The molecule has 0 aliphatic carbocycles. The summed E-state index contributed by atoms with van der Waals surface area (Å²) < 4.78 is 20.5.